The highest BCUT2D eigenvalue weighted by atomic mass is 19.1. The number of imidazole rings is 1. The van der Waals surface area contributed by atoms with Crippen LogP contribution in [0.4, 0.5) is 4.39 Å². The molecule has 1 aliphatic rings. The predicted octanol–water partition coefficient (Wildman–Crippen LogP) is 2.98. The largest absolute Gasteiger partial charge is 0.341 e. The van der Waals surface area contributed by atoms with E-state index >= 15 is 0 Å². The van der Waals surface area contributed by atoms with Crippen molar-refractivity contribution in [3.05, 3.63) is 59.9 Å². The molecule has 0 bridgehead atoms. The average molecular weight is 339 g/mol. The van der Waals surface area contributed by atoms with Crippen LogP contribution >= 0.6 is 0 Å². The number of fused-ring (bicyclic) bond motifs is 1. The standard InChI is InChI=1S/C19H22FN5/c1-14(15-4-3-7-21-12-15)25-10-8-24(9-11-25)13-18-22-17-6-2-5-16(20)19(17)23-18/h2-7,12,14H,8-11,13H2,1H3,(H,22,23). The van der Waals surface area contributed by atoms with E-state index in [2.05, 4.69) is 37.7 Å². The summed E-state index contributed by atoms with van der Waals surface area (Å²) in [6, 6.07) is 9.51. The van der Waals surface area contributed by atoms with E-state index < -0.39 is 0 Å². The van der Waals surface area contributed by atoms with Gasteiger partial charge in [-0.3, -0.25) is 14.8 Å². The number of para-hydroxylation sites is 1. The molecule has 1 aliphatic heterocycles. The summed E-state index contributed by atoms with van der Waals surface area (Å²) >= 11 is 0. The molecule has 0 aliphatic carbocycles. The summed E-state index contributed by atoms with van der Waals surface area (Å²) in [4.78, 5) is 16.7. The maximum absolute atomic E-state index is 13.8. The summed E-state index contributed by atoms with van der Waals surface area (Å²) in [5.41, 5.74) is 2.45. The zero-order chi connectivity index (χ0) is 17.2. The fourth-order valence-electron chi connectivity index (χ4n) is 3.48. The number of halogens is 1. The van der Waals surface area contributed by atoms with Crippen molar-refractivity contribution in [2.75, 3.05) is 26.2 Å². The van der Waals surface area contributed by atoms with E-state index in [0.717, 1.165) is 44.1 Å². The van der Waals surface area contributed by atoms with Gasteiger partial charge in [-0.1, -0.05) is 12.1 Å². The number of pyridine rings is 1. The summed E-state index contributed by atoms with van der Waals surface area (Å²) in [6.07, 6.45) is 3.75. The Bertz CT molecular complexity index is 839. The molecule has 3 heterocycles. The van der Waals surface area contributed by atoms with E-state index in [1.54, 1.807) is 6.07 Å². The normalized spacial score (nSPS) is 17.8. The van der Waals surface area contributed by atoms with Gasteiger partial charge in [0.1, 0.15) is 11.3 Å². The minimum absolute atomic E-state index is 0.268. The predicted molar refractivity (Wildman–Crippen MR) is 95.6 cm³/mol. The SMILES string of the molecule is CC(c1cccnc1)N1CCN(Cc2nc3c(F)cccc3[nH]2)CC1. The molecule has 0 spiro atoms. The van der Waals surface area contributed by atoms with Crippen LogP contribution in [-0.2, 0) is 6.54 Å². The number of aromatic amines is 1. The van der Waals surface area contributed by atoms with Crippen molar-refractivity contribution in [3.63, 3.8) is 0 Å². The number of H-pyrrole nitrogens is 1. The molecule has 5 nitrogen and oxygen atoms in total. The summed E-state index contributed by atoms with van der Waals surface area (Å²) in [7, 11) is 0. The van der Waals surface area contributed by atoms with E-state index in [9.17, 15) is 4.39 Å². The minimum atomic E-state index is -0.268. The molecule has 2 aromatic heterocycles. The minimum Gasteiger partial charge on any atom is -0.341 e. The summed E-state index contributed by atoms with van der Waals surface area (Å²) in [6.45, 7) is 6.92. The van der Waals surface area contributed by atoms with Crippen molar-refractivity contribution in [2.24, 2.45) is 0 Å². The third-order valence-corrected chi connectivity index (χ3v) is 5.01. The van der Waals surface area contributed by atoms with Gasteiger partial charge in [0.05, 0.1) is 12.1 Å². The van der Waals surface area contributed by atoms with Crippen LogP contribution in [0, 0.1) is 5.82 Å². The Kier molecular flexibility index (Phi) is 4.46. The van der Waals surface area contributed by atoms with Gasteiger partial charge in [0.2, 0.25) is 0 Å². The molecule has 0 radical (unpaired) electrons. The fourth-order valence-corrected chi connectivity index (χ4v) is 3.48. The van der Waals surface area contributed by atoms with Crippen LogP contribution in [0.5, 0.6) is 0 Å². The highest BCUT2D eigenvalue weighted by Gasteiger charge is 2.22. The first-order chi connectivity index (χ1) is 12.2. The molecule has 1 N–H and O–H groups in total. The number of benzene rings is 1. The summed E-state index contributed by atoms with van der Waals surface area (Å²) in [5.74, 6) is 0.559. The number of hydrogen-bond donors (Lipinski definition) is 1. The molecule has 1 fully saturated rings. The third-order valence-electron chi connectivity index (χ3n) is 5.01. The number of rotatable bonds is 4. The van der Waals surface area contributed by atoms with Crippen LogP contribution in [0.25, 0.3) is 11.0 Å². The van der Waals surface area contributed by atoms with Crippen molar-refractivity contribution in [3.8, 4) is 0 Å². The molecule has 6 heteroatoms. The third kappa shape index (κ3) is 3.41. The average Bonchev–Trinajstić information content (AvgIpc) is 3.06. The summed E-state index contributed by atoms with van der Waals surface area (Å²) in [5, 5.41) is 0. The molecule has 0 amide bonds. The number of aromatic nitrogens is 3. The fraction of sp³-hybridized carbons (Fsp3) is 0.368. The topological polar surface area (TPSA) is 48.1 Å². The number of piperazine rings is 1. The zero-order valence-electron chi connectivity index (χ0n) is 14.3. The molecular weight excluding hydrogens is 317 g/mol. The molecule has 25 heavy (non-hydrogen) atoms. The van der Waals surface area contributed by atoms with E-state index in [-0.39, 0.29) is 5.82 Å². The highest BCUT2D eigenvalue weighted by Crippen LogP contribution is 2.21. The van der Waals surface area contributed by atoms with Crippen molar-refractivity contribution in [1.29, 1.82) is 0 Å². The Labute approximate surface area is 146 Å². The summed E-state index contributed by atoms with van der Waals surface area (Å²) < 4.78 is 13.8. The lowest BCUT2D eigenvalue weighted by Crippen LogP contribution is -2.46. The lowest BCUT2D eigenvalue weighted by Gasteiger charge is -2.37. The Morgan fingerprint density at radius 1 is 1.16 bits per heavy atom. The van der Waals surface area contributed by atoms with Gasteiger partial charge in [-0.25, -0.2) is 9.37 Å². The maximum atomic E-state index is 13.8. The van der Waals surface area contributed by atoms with Gasteiger partial charge in [-0.15, -0.1) is 0 Å². The van der Waals surface area contributed by atoms with Crippen LogP contribution in [-0.4, -0.2) is 50.9 Å². The quantitative estimate of drug-likeness (QED) is 0.794. The monoisotopic (exact) mass is 339 g/mol. The number of hydrogen-bond acceptors (Lipinski definition) is 4. The molecule has 3 aromatic rings. The van der Waals surface area contributed by atoms with Crippen LogP contribution in [0.3, 0.4) is 0 Å². The van der Waals surface area contributed by atoms with Crippen molar-refractivity contribution in [1.82, 2.24) is 24.8 Å². The van der Waals surface area contributed by atoms with Gasteiger partial charge in [-0.05, 0) is 30.7 Å². The first kappa shape index (κ1) is 16.2. The van der Waals surface area contributed by atoms with Gasteiger partial charge in [0.15, 0.2) is 5.82 Å². The van der Waals surface area contributed by atoms with Crippen molar-refractivity contribution >= 4 is 11.0 Å². The van der Waals surface area contributed by atoms with Crippen LogP contribution in [0.15, 0.2) is 42.7 Å². The van der Waals surface area contributed by atoms with E-state index in [4.69, 9.17) is 0 Å². The Morgan fingerprint density at radius 2 is 2.00 bits per heavy atom. The molecule has 4 rings (SSSR count). The molecule has 1 unspecified atom stereocenters. The van der Waals surface area contributed by atoms with Crippen molar-refractivity contribution < 1.29 is 4.39 Å². The lowest BCUT2D eigenvalue weighted by atomic mass is 10.1. The van der Waals surface area contributed by atoms with Crippen LogP contribution in [0.1, 0.15) is 24.4 Å². The van der Waals surface area contributed by atoms with Gasteiger partial charge in [0, 0.05) is 44.6 Å². The van der Waals surface area contributed by atoms with Gasteiger partial charge in [0.25, 0.3) is 0 Å². The Balaban J connectivity index is 1.37. The highest BCUT2D eigenvalue weighted by molar-refractivity contribution is 5.75. The molecule has 1 aromatic carbocycles. The molecular formula is C19H22FN5. The second-order valence-electron chi connectivity index (χ2n) is 6.59. The Morgan fingerprint density at radius 3 is 2.72 bits per heavy atom. The second-order valence-corrected chi connectivity index (χ2v) is 6.59. The van der Waals surface area contributed by atoms with E-state index in [0.29, 0.717) is 11.6 Å². The smallest absolute Gasteiger partial charge is 0.151 e. The van der Waals surface area contributed by atoms with Crippen LogP contribution in [0.2, 0.25) is 0 Å². The van der Waals surface area contributed by atoms with E-state index in [1.807, 2.05) is 24.5 Å². The zero-order valence-corrected chi connectivity index (χ0v) is 14.3. The van der Waals surface area contributed by atoms with Gasteiger partial charge < -0.3 is 4.98 Å². The van der Waals surface area contributed by atoms with E-state index in [1.165, 1.54) is 11.6 Å². The molecule has 130 valence electrons. The first-order valence-electron chi connectivity index (χ1n) is 8.70. The Hall–Kier alpha value is -2.31. The maximum Gasteiger partial charge on any atom is 0.151 e. The molecule has 0 saturated carbocycles. The van der Waals surface area contributed by atoms with Crippen molar-refractivity contribution in [2.45, 2.75) is 19.5 Å². The first-order valence-corrected chi connectivity index (χ1v) is 8.70. The number of nitrogens with zero attached hydrogens (tertiary/aromatic N) is 4. The molecule has 1 atom stereocenters. The molecule has 1 saturated heterocycles. The number of nitrogens with one attached hydrogen (secondary N) is 1. The lowest BCUT2D eigenvalue weighted by molar-refractivity contribution is 0.0963. The second kappa shape index (κ2) is 6.90. The van der Waals surface area contributed by atoms with Crippen LogP contribution < -0.4 is 0 Å². The van der Waals surface area contributed by atoms with Gasteiger partial charge in [-0.2, -0.15) is 0 Å². The van der Waals surface area contributed by atoms with Gasteiger partial charge >= 0.3 is 0 Å².